The van der Waals surface area contributed by atoms with Crippen LogP contribution in [0, 0.1) is 12.8 Å². The lowest BCUT2D eigenvalue weighted by molar-refractivity contribution is 0.442. The molecule has 7 heteroatoms. The minimum absolute atomic E-state index is 0.118. The third-order valence-corrected chi connectivity index (χ3v) is 5.44. The highest BCUT2D eigenvalue weighted by Crippen LogP contribution is 2.29. The SMILES string of the molecule is Cc1cc(N2CCC[C@@H](CS(C)(=O)=O)C2)nc(-c2ccccc2O)n1. The van der Waals surface area contributed by atoms with Crippen LogP contribution in [-0.2, 0) is 9.84 Å². The van der Waals surface area contributed by atoms with Gasteiger partial charge in [-0.25, -0.2) is 18.4 Å². The van der Waals surface area contributed by atoms with Gasteiger partial charge in [-0.1, -0.05) is 12.1 Å². The number of anilines is 1. The number of para-hydroxylation sites is 1. The van der Waals surface area contributed by atoms with E-state index >= 15 is 0 Å². The Morgan fingerprint density at radius 3 is 2.76 bits per heavy atom. The lowest BCUT2D eigenvalue weighted by Gasteiger charge is -2.33. The van der Waals surface area contributed by atoms with Crippen molar-refractivity contribution >= 4 is 15.7 Å². The number of phenolic OH excluding ortho intramolecular Hbond substituents is 1. The zero-order valence-corrected chi connectivity index (χ0v) is 15.3. The summed E-state index contributed by atoms with van der Waals surface area (Å²) >= 11 is 0. The van der Waals surface area contributed by atoms with E-state index in [0.29, 0.717) is 17.9 Å². The Labute approximate surface area is 148 Å². The van der Waals surface area contributed by atoms with Crippen LogP contribution in [0.25, 0.3) is 11.4 Å². The largest absolute Gasteiger partial charge is 0.507 e. The molecule has 3 rings (SSSR count). The van der Waals surface area contributed by atoms with Crippen molar-refractivity contribution < 1.29 is 13.5 Å². The van der Waals surface area contributed by atoms with Gasteiger partial charge >= 0.3 is 0 Å². The molecule has 0 bridgehead atoms. The molecule has 0 aliphatic carbocycles. The first-order valence-electron chi connectivity index (χ1n) is 8.38. The fourth-order valence-electron chi connectivity index (χ4n) is 3.33. The lowest BCUT2D eigenvalue weighted by Crippen LogP contribution is -2.38. The molecule has 6 nitrogen and oxygen atoms in total. The molecule has 0 amide bonds. The van der Waals surface area contributed by atoms with Gasteiger partial charge in [0.25, 0.3) is 0 Å². The summed E-state index contributed by atoms with van der Waals surface area (Å²) in [5.41, 5.74) is 1.41. The van der Waals surface area contributed by atoms with E-state index in [0.717, 1.165) is 30.9 Å². The van der Waals surface area contributed by atoms with Crippen LogP contribution in [0.3, 0.4) is 0 Å². The van der Waals surface area contributed by atoms with Crippen molar-refractivity contribution in [3.05, 3.63) is 36.0 Å². The van der Waals surface area contributed by atoms with Crippen molar-refractivity contribution in [2.75, 3.05) is 30.0 Å². The van der Waals surface area contributed by atoms with E-state index in [1.807, 2.05) is 19.1 Å². The standard InChI is InChI=1S/C18H23N3O3S/c1-13-10-17(20-18(19-13)15-7-3-4-8-16(15)22)21-9-5-6-14(11-21)12-25(2,23)24/h3-4,7-8,10,14,22H,5-6,9,11-12H2,1-2H3/t14-/m1/s1. The van der Waals surface area contributed by atoms with E-state index in [4.69, 9.17) is 0 Å². The minimum atomic E-state index is -2.99. The second-order valence-electron chi connectivity index (χ2n) is 6.75. The zero-order chi connectivity index (χ0) is 18.0. The molecule has 1 aliphatic heterocycles. The number of aromatic nitrogens is 2. The maximum absolute atomic E-state index is 11.6. The van der Waals surface area contributed by atoms with Gasteiger partial charge in [0.2, 0.25) is 0 Å². The summed E-state index contributed by atoms with van der Waals surface area (Å²) in [6.45, 7) is 3.41. The Hall–Kier alpha value is -2.15. The summed E-state index contributed by atoms with van der Waals surface area (Å²) in [4.78, 5) is 11.2. The summed E-state index contributed by atoms with van der Waals surface area (Å²) in [5.74, 6) is 1.74. The molecule has 0 saturated carbocycles. The van der Waals surface area contributed by atoms with E-state index < -0.39 is 9.84 Å². The molecule has 1 aliphatic rings. The molecule has 25 heavy (non-hydrogen) atoms. The second-order valence-corrected chi connectivity index (χ2v) is 8.94. The first kappa shape index (κ1) is 17.7. The van der Waals surface area contributed by atoms with Crippen LogP contribution in [-0.4, -0.2) is 48.6 Å². The maximum Gasteiger partial charge on any atom is 0.165 e. The molecule has 1 N–H and O–H groups in total. The van der Waals surface area contributed by atoms with Crippen LogP contribution in [0.4, 0.5) is 5.82 Å². The van der Waals surface area contributed by atoms with Crippen molar-refractivity contribution in [2.24, 2.45) is 5.92 Å². The van der Waals surface area contributed by atoms with E-state index in [9.17, 15) is 13.5 Å². The minimum Gasteiger partial charge on any atom is -0.507 e. The Kier molecular flexibility index (Phi) is 4.94. The molecule has 1 aromatic heterocycles. The van der Waals surface area contributed by atoms with E-state index in [-0.39, 0.29) is 17.4 Å². The molecule has 134 valence electrons. The molecule has 0 spiro atoms. The van der Waals surface area contributed by atoms with Gasteiger partial charge in [0.05, 0.1) is 11.3 Å². The highest BCUT2D eigenvalue weighted by Gasteiger charge is 2.24. The number of nitrogens with zero attached hydrogens (tertiary/aromatic N) is 3. The number of aryl methyl sites for hydroxylation is 1. The molecule has 1 aromatic carbocycles. The predicted molar refractivity (Wildman–Crippen MR) is 98.5 cm³/mol. The average molecular weight is 361 g/mol. The van der Waals surface area contributed by atoms with Crippen molar-refractivity contribution in [1.82, 2.24) is 9.97 Å². The maximum atomic E-state index is 11.6. The molecule has 0 unspecified atom stereocenters. The Bertz CT molecular complexity index is 868. The fourth-order valence-corrected chi connectivity index (χ4v) is 4.46. The van der Waals surface area contributed by atoms with Gasteiger partial charge in [0.15, 0.2) is 5.82 Å². The summed E-state index contributed by atoms with van der Waals surface area (Å²) in [6, 6.07) is 8.91. The number of piperidine rings is 1. The monoisotopic (exact) mass is 361 g/mol. The number of rotatable bonds is 4. The van der Waals surface area contributed by atoms with Crippen molar-refractivity contribution in [1.29, 1.82) is 0 Å². The van der Waals surface area contributed by atoms with Crippen molar-refractivity contribution in [2.45, 2.75) is 19.8 Å². The molecule has 1 saturated heterocycles. The molecule has 0 radical (unpaired) electrons. The third-order valence-electron chi connectivity index (χ3n) is 4.37. The topological polar surface area (TPSA) is 83.4 Å². The summed E-state index contributed by atoms with van der Waals surface area (Å²) < 4.78 is 23.2. The Morgan fingerprint density at radius 1 is 1.28 bits per heavy atom. The van der Waals surface area contributed by atoms with Gasteiger partial charge in [-0.05, 0) is 37.8 Å². The number of hydrogen-bond donors (Lipinski definition) is 1. The number of sulfone groups is 1. The summed E-state index contributed by atoms with van der Waals surface area (Å²) in [5, 5.41) is 10.1. The van der Waals surface area contributed by atoms with Gasteiger partial charge in [0, 0.05) is 31.1 Å². The van der Waals surface area contributed by atoms with E-state index in [2.05, 4.69) is 14.9 Å². The van der Waals surface area contributed by atoms with Crippen LogP contribution < -0.4 is 4.90 Å². The lowest BCUT2D eigenvalue weighted by atomic mass is 10.00. The number of aromatic hydroxyl groups is 1. The van der Waals surface area contributed by atoms with Crippen molar-refractivity contribution in [3.63, 3.8) is 0 Å². The van der Waals surface area contributed by atoms with Gasteiger partial charge < -0.3 is 10.0 Å². The highest BCUT2D eigenvalue weighted by atomic mass is 32.2. The summed E-state index contributed by atoms with van der Waals surface area (Å²) in [7, 11) is -2.99. The van der Waals surface area contributed by atoms with Gasteiger partial charge in [-0.2, -0.15) is 0 Å². The van der Waals surface area contributed by atoms with E-state index in [1.165, 1.54) is 6.26 Å². The van der Waals surface area contributed by atoms with E-state index in [1.54, 1.807) is 18.2 Å². The fraction of sp³-hybridized carbons (Fsp3) is 0.444. The second kappa shape index (κ2) is 7.00. The molecule has 1 atom stereocenters. The quantitative estimate of drug-likeness (QED) is 0.900. The van der Waals surface area contributed by atoms with Crippen LogP contribution in [0.5, 0.6) is 5.75 Å². The Balaban J connectivity index is 1.89. The van der Waals surface area contributed by atoms with Crippen LogP contribution in [0.15, 0.2) is 30.3 Å². The highest BCUT2D eigenvalue weighted by molar-refractivity contribution is 7.90. The predicted octanol–water partition coefficient (Wildman–Crippen LogP) is 2.42. The summed E-state index contributed by atoms with van der Waals surface area (Å²) in [6.07, 6.45) is 3.15. The number of benzene rings is 1. The Morgan fingerprint density at radius 2 is 2.04 bits per heavy atom. The first-order chi connectivity index (χ1) is 11.8. The van der Waals surface area contributed by atoms with Crippen LogP contribution >= 0.6 is 0 Å². The molecule has 2 aromatic rings. The third kappa shape index (κ3) is 4.48. The number of hydrogen-bond acceptors (Lipinski definition) is 6. The van der Waals surface area contributed by atoms with Gasteiger partial charge in [-0.15, -0.1) is 0 Å². The molecule has 2 heterocycles. The van der Waals surface area contributed by atoms with Gasteiger partial charge in [0.1, 0.15) is 21.4 Å². The molecule has 1 fully saturated rings. The normalized spacial score (nSPS) is 18.3. The first-order valence-corrected chi connectivity index (χ1v) is 10.4. The zero-order valence-electron chi connectivity index (χ0n) is 14.5. The van der Waals surface area contributed by atoms with Gasteiger partial charge in [-0.3, -0.25) is 0 Å². The van der Waals surface area contributed by atoms with Crippen LogP contribution in [0.2, 0.25) is 0 Å². The number of phenols is 1. The molecular weight excluding hydrogens is 338 g/mol. The van der Waals surface area contributed by atoms with Crippen molar-refractivity contribution in [3.8, 4) is 17.1 Å². The smallest absolute Gasteiger partial charge is 0.165 e. The molecular formula is C18H23N3O3S. The average Bonchev–Trinajstić information content (AvgIpc) is 2.53. The van der Waals surface area contributed by atoms with Crippen LogP contribution in [0.1, 0.15) is 18.5 Å².